The lowest BCUT2D eigenvalue weighted by Gasteiger charge is -2.31. The highest BCUT2D eigenvalue weighted by Gasteiger charge is 2.34. The highest BCUT2D eigenvalue weighted by molar-refractivity contribution is 7.10. The molecule has 0 saturated carbocycles. The summed E-state index contributed by atoms with van der Waals surface area (Å²) in [5, 5.41) is 8.03. The van der Waals surface area contributed by atoms with Crippen LogP contribution in [-0.4, -0.2) is 19.0 Å². The molecule has 6 heteroatoms. The summed E-state index contributed by atoms with van der Waals surface area (Å²) in [4.78, 5) is 16.7. The molecule has 0 saturated heterocycles. The Morgan fingerprint density at radius 1 is 1.19 bits per heavy atom. The van der Waals surface area contributed by atoms with Crippen molar-refractivity contribution in [3.8, 4) is 0 Å². The van der Waals surface area contributed by atoms with Gasteiger partial charge in [0, 0.05) is 28.4 Å². The molecule has 3 aromatic rings. The molecule has 1 amide bonds. The first-order valence-corrected chi connectivity index (χ1v) is 10.8. The van der Waals surface area contributed by atoms with E-state index >= 15 is 0 Å². The molecule has 0 spiro atoms. The minimum atomic E-state index is 0.0835. The van der Waals surface area contributed by atoms with Gasteiger partial charge in [-0.15, -0.1) is 22.7 Å². The molecule has 0 radical (unpaired) electrons. The molecular weight excluding hydrogens is 384 g/mol. The van der Waals surface area contributed by atoms with Crippen LogP contribution in [0, 0.1) is 0 Å². The van der Waals surface area contributed by atoms with Crippen LogP contribution in [0.2, 0.25) is 5.02 Å². The zero-order chi connectivity index (χ0) is 17.9. The van der Waals surface area contributed by atoms with Crippen LogP contribution in [-0.2, 0) is 17.8 Å². The van der Waals surface area contributed by atoms with E-state index < -0.39 is 0 Å². The highest BCUT2D eigenvalue weighted by Crippen LogP contribution is 2.31. The zero-order valence-corrected chi connectivity index (χ0v) is 16.6. The molecule has 26 heavy (non-hydrogen) atoms. The van der Waals surface area contributed by atoms with Crippen molar-refractivity contribution in [1.82, 2.24) is 5.32 Å². The Labute approximate surface area is 166 Å². The first-order valence-electron chi connectivity index (χ1n) is 8.66. The van der Waals surface area contributed by atoms with Gasteiger partial charge in [-0.1, -0.05) is 29.8 Å². The minimum absolute atomic E-state index is 0.0835. The number of carbonyl (C=O) groups is 1. The molecule has 2 aromatic heterocycles. The Bertz CT molecular complexity index is 891. The van der Waals surface area contributed by atoms with Gasteiger partial charge in [0.2, 0.25) is 0 Å². The van der Waals surface area contributed by atoms with Gasteiger partial charge in [0.25, 0.3) is 5.91 Å². The smallest absolute Gasteiger partial charge is 0.275 e. The number of halogens is 1. The van der Waals surface area contributed by atoms with E-state index in [4.69, 9.17) is 11.6 Å². The summed E-state index contributed by atoms with van der Waals surface area (Å²) in [6.07, 6.45) is 1.05. The van der Waals surface area contributed by atoms with Gasteiger partial charge in [0.1, 0.15) is 6.04 Å². The van der Waals surface area contributed by atoms with Crippen molar-refractivity contribution in [2.45, 2.75) is 19.0 Å². The number of quaternary nitrogens is 1. The van der Waals surface area contributed by atoms with Gasteiger partial charge in [-0.2, -0.15) is 0 Å². The number of nitrogens with one attached hydrogen (secondary N) is 2. The Morgan fingerprint density at radius 3 is 2.92 bits per heavy atom. The van der Waals surface area contributed by atoms with E-state index in [-0.39, 0.29) is 11.9 Å². The molecule has 3 heterocycles. The van der Waals surface area contributed by atoms with Crippen LogP contribution in [0.5, 0.6) is 0 Å². The van der Waals surface area contributed by atoms with Crippen LogP contribution in [0.25, 0.3) is 0 Å². The van der Waals surface area contributed by atoms with E-state index in [2.05, 4.69) is 34.3 Å². The van der Waals surface area contributed by atoms with E-state index in [1.54, 1.807) is 11.3 Å². The summed E-state index contributed by atoms with van der Waals surface area (Å²) < 4.78 is 0. The van der Waals surface area contributed by atoms with Gasteiger partial charge in [-0.3, -0.25) is 4.79 Å². The van der Waals surface area contributed by atoms with Crippen molar-refractivity contribution in [3.63, 3.8) is 0 Å². The van der Waals surface area contributed by atoms with Crippen LogP contribution in [0.4, 0.5) is 0 Å². The molecule has 1 unspecified atom stereocenters. The summed E-state index contributed by atoms with van der Waals surface area (Å²) in [5.74, 6) is 0.0835. The molecule has 134 valence electrons. The number of benzene rings is 1. The van der Waals surface area contributed by atoms with E-state index in [1.807, 2.05) is 35.6 Å². The maximum atomic E-state index is 12.6. The molecule has 3 nitrogen and oxygen atoms in total. The Kier molecular flexibility index (Phi) is 5.41. The van der Waals surface area contributed by atoms with E-state index in [0.29, 0.717) is 18.1 Å². The molecule has 1 aliphatic rings. The lowest BCUT2D eigenvalue weighted by molar-refractivity contribution is -0.919. The first kappa shape index (κ1) is 17.7. The molecule has 0 bridgehead atoms. The number of hydrogen-bond donors (Lipinski definition) is 2. The van der Waals surface area contributed by atoms with Gasteiger partial charge in [-0.05, 0) is 40.6 Å². The third-order valence-corrected chi connectivity index (χ3v) is 6.94. The second kappa shape index (κ2) is 7.92. The largest absolute Gasteiger partial charge is 0.347 e. The van der Waals surface area contributed by atoms with Gasteiger partial charge in [0.15, 0.2) is 6.54 Å². The third kappa shape index (κ3) is 3.86. The van der Waals surface area contributed by atoms with E-state index in [9.17, 15) is 4.79 Å². The fraction of sp³-hybridized carbons (Fsp3) is 0.250. The average Bonchev–Trinajstić information content (AvgIpc) is 3.31. The number of hydrogen-bond acceptors (Lipinski definition) is 3. The highest BCUT2D eigenvalue weighted by atomic mass is 35.5. The molecule has 4 rings (SSSR count). The van der Waals surface area contributed by atoms with Crippen molar-refractivity contribution in [2.75, 3.05) is 13.1 Å². The molecule has 1 aliphatic heterocycles. The predicted octanol–water partition coefficient (Wildman–Crippen LogP) is 3.31. The summed E-state index contributed by atoms with van der Waals surface area (Å²) in [6.45, 7) is 1.99. The Hall–Kier alpha value is -1.66. The average molecular weight is 404 g/mol. The van der Waals surface area contributed by atoms with Crippen molar-refractivity contribution in [2.24, 2.45) is 0 Å². The van der Waals surface area contributed by atoms with Gasteiger partial charge in [0.05, 0.1) is 11.4 Å². The molecule has 1 aromatic carbocycles. The lowest BCUT2D eigenvalue weighted by atomic mass is 9.98. The topological polar surface area (TPSA) is 33.5 Å². The summed E-state index contributed by atoms with van der Waals surface area (Å²) in [7, 11) is 0. The number of carbonyl (C=O) groups excluding carboxylic acids is 1. The normalized spacial score (nSPS) is 19.1. The number of amides is 1. The Morgan fingerprint density at radius 2 is 2.12 bits per heavy atom. The molecule has 2 atom stereocenters. The summed E-state index contributed by atoms with van der Waals surface area (Å²) in [6, 6.07) is 14.4. The van der Waals surface area contributed by atoms with Gasteiger partial charge in [-0.25, -0.2) is 0 Å². The minimum Gasteiger partial charge on any atom is -0.347 e. The third-order valence-electron chi connectivity index (χ3n) is 4.77. The Balaban J connectivity index is 1.45. The number of thiophene rings is 2. The second-order valence-corrected chi connectivity index (χ2v) is 8.91. The second-order valence-electron chi connectivity index (χ2n) is 6.49. The van der Waals surface area contributed by atoms with Gasteiger partial charge >= 0.3 is 0 Å². The van der Waals surface area contributed by atoms with Crippen LogP contribution in [0.15, 0.2) is 53.2 Å². The maximum absolute atomic E-state index is 12.6. The fourth-order valence-electron chi connectivity index (χ4n) is 3.57. The molecule has 0 fully saturated rings. The molecule has 2 N–H and O–H groups in total. The number of rotatable bonds is 5. The maximum Gasteiger partial charge on any atom is 0.275 e. The van der Waals surface area contributed by atoms with Crippen LogP contribution >= 0.6 is 34.3 Å². The fourth-order valence-corrected chi connectivity index (χ4v) is 5.60. The SMILES string of the molecule is O=C(C[NH+]1CCc2sccc2[C@H]1c1cccs1)NCc1cccc(Cl)c1. The van der Waals surface area contributed by atoms with Crippen molar-refractivity contribution >= 4 is 40.2 Å². The molecule has 0 aliphatic carbocycles. The quantitative estimate of drug-likeness (QED) is 0.673. The van der Waals surface area contributed by atoms with Crippen molar-refractivity contribution in [1.29, 1.82) is 0 Å². The van der Waals surface area contributed by atoms with Gasteiger partial charge < -0.3 is 10.2 Å². The van der Waals surface area contributed by atoms with Crippen molar-refractivity contribution in [3.05, 3.63) is 79.1 Å². The monoisotopic (exact) mass is 403 g/mol. The predicted molar refractivity (Wildman–Crippen MR) is 108 cm³/mol. The number of fused-ring (bicyclic) bond motifs is 1. The van der Waals surface area contributed by atoms with Crippen LogP contribution < -0.4 is 10.2 Å². The summed E-state index contributed by atoms with van der Waals surface area (Å²) in [5.41, 5.74) is 2.41. The lowest BCUT2D eigenvalue weighted by Crippen LogP contribution is -3.14. The van der Waals surface area contributed by atoms with Crippen LogP contribution in [0.3, 0.4) is 0 Å². The molecular formula is C20H20ClN2OS2+. The summed E-state index contributed by atoms with van der Waals surface area (Å²) >= 11 is 9.63. The van der Waals surface area contributed by atoms with Crippen LogP contribution in [0.1, 0.15) is 26.9 Å². The van der Waals surface area contributed by atoms with E-state index in [0.717, 1.165) is 18.5 Å². The first-order chi connectivity index (χ1) is 12.7. The zero-order valence-electron chi connectivity index (χ0n) is 14.2. The van der Waals surface area contributed by atoms with E-state index in [1.165, 1.54) is 20.2 Å². The standard InChI is InChI=1S/C20H19ClN2OS2/c21-15-4-1-3-14(11-15)12-22-19(24)13-23-8-6-17-16(7-10-26-17)20(23)18-5-2-9-25-18/h1-5,7,9-11,20H,6,8,12-13H2,(H,22,24)/p+1/t20-/m0/s1. The van der Waals surface area contributed by atoms with Crippen molar-refractivity contribution < 1.29 is 9.69 Å².